The highest BCUT2D eigenvalue weighted by Gasteiger charge is 2.24. The predicted octanol–water partition coefficient (Wildman–Crippen LogP) is 0.668. The second-order valence-electron chi connectivity index (χ2n) is 7.48. The van der Waals surface area contributed by atoms with Gasteiger partial charge >= 0.3 is 0 Å². The van der Waals surface area contributed by atoms with Crippen molar-refractivity contribution in [3.63, 3.8) is 0 Å². The summed E-state index contributed by atoms with van der Waals surface area (Å²) in [6.07, 6.45) is 5.51. The van der Waals surface area contributed by atoms with Crippen molar-refractivity contribution in [2.45, 2.75) is 12.8 Å². The molecule has 0 atom stereocenters. The first-order valence-corrected chi connectivity index (χ1v) is 10.3. The molecule has 1 aromatic rings. The molecule has 0 aromatic heterocycles. The number of hydrogen-bond donors (Lipinski definition) is 0. The standard InChI is InChI=1S/C22H31N3O5.H2O/c1-28-18-14-17(15-19(29-2)22(18)30-3)6-7-20(26)25-12-10-23(11-13-25)16-21(27)24-8-4-5-9-24;/h6-7,14-15H,4-5,8-13,16H2,1-3H3;1H2/b7-6+;. The van der Waals surface area contributed by atoms with Crippen molar-refractivity contribution in [2.75, 3.05) is 67.1 Å². The Balaban J connectivity index is 0.00000341. The zero-order valence-corrected chi connectivity index (χ0v) is 18.6. The maximum atomic E-state index is 12.6. The topological polar surface area (TPSA) is 103 Å². The van der Waals surface area contributed by atoms with E-state index in [9.17, 15) is 9.59 Å². The summed E-state index contributed by atoms with van der Waals surface area (Å²) in [4.78, 5) is 30.8. The van der Waals surface area contributed by atoms with Crippen LogP contribution in [-0.2, 0) is 9.59 Å². The molecule has 0 aliphatic carbocycles. The Kier molecular flexibility index (Phi) is 9.14. The molecule has 1 aromatic carbocycles. The number of piperazine rings is 1. The molecule has 2 heterocycles. The number of hydrogen-bond acceptors (Lipinski definition) is 6. The highest BCUT2D eigenvalue weighted by Crippen LogP contribution is 2.38. The van der Waals surface area contributed by atoms with Crippen molar-refractivity contribution in [1.29, 1.82) is 0 Å². The minimum absolute atomic E-state index is 0. The Morgan fingerprint density at radius 1 is 0.871 bits per heavy atom. The van der Waals surface area contributed by atoms with Crippen LogP contribution in [0.4, 0.5) is 0 Å². The zero-order chi connectivity index (χ0) is 21.5. The van der Waals surface area contributed by atoms with Crippen LogP contribution in [-0.4, -0.2) is 99.1 Å². The molecule has 2 fully saturated rings. The molecule has 172 valence electrons. The van der Waals surface area contributed by atoms with Gasteiger partial charge in [0.1, 0.15) is 0 Å². The lowest BCUT2D eigenvalue weighted by molar-refractivity contribution is -0.132. The van der Waals surface area contributed by atoms with Crippen molar-refractivity contribution in [2.24, 2.45) is 0 Å². The molecule has 2 amide bonds. The minimum Gasteiger partial charge on any atom is -0.493 e. The van der Waals surface area contributed by atoms with E-state index in [2.05, 4.69) is 4.90 Å². The van der Waals surface area contributed by atoms with Crippen LogP contribution in [0.25, 0.3) is 6.08 Å². The van der Waals surface area contributed by atoms with E-state index in [0.717, 1.165) is 31.5 Å². The summed E-state index contributed by atoms with van der Waals surface area (Å²) in [5, 5.41) is 0. The fraction of sp³-hybridized carbons (Fsp3) is 0.545. The van der Waals surface area contributed by atoms with Crippen LogP contribution < -0.4 is 14.2 Å². The van der Waals surface area contributed by atoms with Gasteiger partial charge in [0, 0.05) is 45.3 Å². The Morgan fingerprint density at radius 3 is 1.97 bits per heavy atom. The van der Waals surface area contributed by atoms with Crippen LogP contribution >= 0.6 is 0 Å². The molecule has 0 spiro atoms. The lowest BCUT2D eigenvalue weighted by Crippen LogP contribution is -2.51. The average Bonchev–Trinajstić information content (AvgIpc) is 3.32. The van der Waals surface area contributed by atoms with Crippen LogP contribution in [0.1, 0.15) is 18.4 Å². The number of likely N-dealkylation sites (tertiary alicyclic amines) is 1. The van der Waals surface area contributed by atoms with Gasteiger partial charge in [0.25, 0.3) is 0 Å². The van der Waals surface area contributed by atoms with Crippen molar-refractivity contribution < 1.29 is 29.3 Å². The van der Waals surface area contributed by atoms with Crippen LogP contribution in [0.2, 0.25) is 0 Å². The average molecular weight is 436 g/mol. The molecule has 0 saturated carbocycles. The SMILES string of the molecule is COc1cc(/C=C/C(=O)N2CCN(CC(=O)N3CCCC3)CC2)cc(OC)c1OC.O. The second kappa shape index (κ2) is 11.6. The lowest BCUT2D eigenvalue weighted by atomic mass is 10.1. The molecule has 0 bridgehead atoms. The summed E-state index contributed by atoms with van der Waals surface area (Å²) in [7, 11) is 4.67. The van der Waals surface area contributed by atoms with E-state index in [-0.39, 0.29) is 17.3 Å². The third-order valence-corrected chi connectivity index (χ3v) is 5.61. The van der Waals surface area contributed by atoms with E-state index in [1.165, 1.54) is 0 Å². The second-order valence-corrected chi connectivity index (χ2v) is 7.48. The van der Waals surface area contributed by atoms with Crippen molar-refractivity contribution >= 4 is 17.9 Å². The lowest BCUT2D eigenvalue weighted by Gasteiger charge is -2.34. The first kappa shape index (κ1) is 24.5. The van der Waals surface area contributed by atoms with Crippen LogP contribution in [0.5, 0.6) is 17.2 Å². The molecule has 2 aliphatic rings. The molecular weight excluding hydrogens is 402 g/mol. The summed E-state index contributed by atoms with van der Waals surface area (Å²) in [6.45, 7) is 4.86. The maximum absolute atomic E-state index is 12.6. The van der Waals surface area contributed by atoms with Gasteiger partial charge in [-0.15, -0.1) is 0 Å². The number of benzene rings is 1. The number of amides is 2. The monoisotopic (exact) mass is 435 g/mol. The molecule has 2 N–H and O–H groups in total. The van der Waals surface area contributed by atoms with Crippen LogP contribution in [0.3, 0.4) is 0 Å². The smallest absolute Gasteiger partial charge is 0.246 e. The Labute approximate surface area is 183 Å². The quantitative estimate of drug-likeness (QED) is 0.583. The molecule has 0 unspecified atom stereocenters. The van der Waals surface area contributed by atoms with Crippen LogP contribution in [0.15, 0.2) is 18.2 Å². The number of carbonyl (C=O) groups excluding carboxylic acids is 2. The fourth-order valence-corrected chi connectivity index (χ4v) is 3.85. The highest BCUT2D eigenvalue weighted by atomic mass is 16.5. The third-order valence-electron chi connectivity index (χ3n) is 5.61. The molecule has 3 rings (SSSR count). The summed E-state index contributed by atoms with van der Waals surface area (Å²) < 4.78 is 16.0. The van der Waals surface area contributed by atoms with Gasteiger partial charge in [0.05, 0.1) is 27.9 Å². The van der Waals surface area contributed by atoms with Gasteiger partial charge in [-0.05, 0) is 36.6 Å². The normalized spacial score (nSPS) is 16.9. The van der Waals surface area contributed by atoms with E-state index >= 15 is 0 Å². The summed E-state index contributed by atoms with van der Waals surface area (Å²) in [5.74, 6) is 1.76. The number of rotatable bonds is 7. The molecule has 2 saturated heterocycles. The van der Waals surface area contributed by atoms with Gasteiger partial charge in [0.15, 0.2) is 11.5 Å². The number of carbonyl (C=O) groups is 2. The molecule has 31 heavy (non-hydrogen) atoms. The van der Waals surface area contributed by atoms with Gasteiger partial charge in [0.2, 0.25) is 17.6 Å². The van der Waals surface area contributed by atoms with Crippen LogP contribution in [0, 0.1) is 0 Å². The maximum Gasteiger partial charge on any atom is 0.246 e. The van der Waals surface area contributed by atoms with Gasteiger partial charge in [-0.3, -0.25) is 14.5 Å². The van der Waals surface area contributed by atoms with E-state index < -0.39 is 0 Å². The van der Waals surface area contributed by atoms with Gasteiger partial charge < -0.3 is 29.5 Å². The fourth-order valence-electron chi connectivity index (χ4n) is 3.85. The van der Waals surface area contributed by atoms with Crippen molar-refractivity contribution in [3.8, 4) is 17.2 Å². The predicted molar refractivity (Wildman–Crippen MR) is 118 cm³/mol. The largest absolute Gasteiger partial charge is 0.493 e. The number of methoxy groups -OCH3 is 3. The van der Waals surface area contributed by atoms with Crippen molar-refractivity contribution in [1.82, 2.24) is 14.7 Å². The zero-order valence-electron chi connectivity index (χ0n) is 18.6. The molecule has 0 radical (unpaired) electrons. The highest BCUT2D eigenvalue weighted by molar-refractivity contribution is 5.92. The molecular formula is C22H33N3O6. The van der Waals surface area contributed by atoms with E-state index in [1.807, 2.05) is 9.80 Å². The Bertz CT molecular complexity index is 758. The molecule has 2 aliphatic heterocycles. The van der Waals surface area contributed by atoms with Gasteiger partial charge in [-0.25, -0.2) is 0 Å². The summed E-state index contributed by atoms with van der Waals surface area (Å²) in [5.41, 5.74) is 0.785. The minimum atomic E-state index is -0.0470. The Morgan fingerprint density at radius 2 is 1.45 bits per heavy atom. The van der Waals surface area contributed by atoms with E-state index in [4.69, 9.17) is 14.2 Å². The first-order chi connectivity index (χ1) is 14.5. The third kappa shape index (κ3) is 6.11. The van der Waals surface area contributed by atoms with Gasteiger partial charge in [-0.2, -0.15) is 0 Å². The molecule has 9 nitrogen and oxygen atoms in total. The van der Waals surface area contributed by atoms with Gasteiger partial charge in [-0.1, -0.05) is 0 Å². The van der Waals surface area contributed by atoms with E-state index in [1.54, 1.807) is 45.6 Å². The first-order valence-electron chi connectivity index (χ1n) is 10.3. The van der Waals surface area contributed by atoms with Crippen molar-refractivity contribution in [3.05, 3.63) is 23.8 Å². The number of ether oxygens (including phenoxy) is 3. The molecule has 9 heteroatoms. The Hall–Kier alpha value is -2.78. The van der Waals surface area contributed by atoms with E-state index in [0.29, 0.717) is 50.0 Å². The number of nitrogens with zero attached hydrogens (tertiary/aromatic N) is 3. The summed E-state index contributed by atoms with van der Waals surface area (Å²) in [6, 6.07) is 3.60. The summed E-state index contributed by atoms with van der Waals surface area (Å²) >= 11 is 0.